The van der Waals surface area contributed by atoms with Crippen LogP contribution in [0.4, 0.5) is 0 Å². The molecule has 1 rings (SSSR count). The zero-order chi connectivity index (χ0) is 14.8. The van der Waals surface area contributed by atoms with Crippen molar-refractivity contribution in [3.63, 3.8) is 0 Å². The number of amides is 1. The molecule has 112 valence electrons. The molecule has 0 heterocycles. The summed E-state index contributed by atoms with van der Waals surface area (Å²) in [6, 6.07) is 10.3. The van der Waals surface area contributed by atoms with E-state index in [-0.39, 0.29) is 17.9 Å². The molecule has 20 heavy (non-hydrogen) atoms. The lowest BCUT2D eigenvalue weighted by Crippen LogP contribution is -2.43. The lowest BCUT2D eigenvalue weighted by molar-refractivity contribution is -0.125. The first-order chi connectivity index (χ1) is 9.72. The Labute approximate surface area is 122 Å². The zero-order valence-corrected chi connectivity index (χ0v) is 12.6. The summed E-state index contributed by atoms with van der Waals surface area (Å²) in [5, 5.41) is 6.08. The predicted molar refractivity (Wildman–Crippen MR) is 83.5 cm³/mol. The van der Waals surface area contributed by atoms with Gasteiger partial charge in [0.15, 0.2) is 0 Å². The minimum atomic E-state index is -0.0508. The minimum absolute atomic E-state index is 0.0508. The fourth-order valence-corrected chi connectivity index (χ4v) is 2.53. The maximum atomic E-state index is 12.2. The predicted octanol–water partition coefficient (Wildman–Crippen LogP) is 1.31. The van der Waals surface area contributed by atoms with Gasteiger partial charge >= 0.3 is 0 Å². The van der Waals surface area contributed by atoms with Crippen LogP contribution in [0.5, 0.6) is 0 Å². The lowest BCUT2D eigenvalue weighted by Gasteiger charge is -2.26. The first kappa shape index (κ1) is 16.7. The Morgan fingerprint density at radius 2 is 1.90 bits per heavy atom. The van der Waals surface area contributed by atoms with Crippen LogP contribution in [0.25, 0.3) is 0 Å². The van der Waals surface area contributed by atoms with E-state index >= 15 is 0 Å². The van der Waals surface area contributed by atoms with Crippen molar-refractivity contribution in [3.05, 3.63) is 35.9 Å². The van der Waals surface area contributed by atoms with Crippen LogP contribution in [0.2, 0.25) is 0 Å². The topological polar surface area (TPSA) is 67.2 Å². The summed E-state index contributed by atoms with van der Waals surface area (Å²) in [7, 11) is 3.63. The molecule has 0 radical (unpaired) electrons. The van der Waals surface area contributed by atoms with E-state index in [1.807, 2.05) is 25.2 Å². The molecule has 1 amide bonds. The highest BCUT2D eigenvalue weighted by molar-refractivity contribution is 5.79. The van der Waals surface area contributed by atoms with Gasteiger partial charge in [0.25, 0.3) is 0 Å². The molecular weight excluding hydrogens is 250 g/mol. The molecule has 0 saturated heterocycles. The van der Waals surface area contributed by atoms with Crippen molar-refractivity contribution >= 4 is 5.91 Å². The van der Waals surface area contributed by atoms with Gasteiger partial charge in [0, 0.05) is 13.1 Å². The average molecular weight is 277 g/mol. The molecule has 0 aromatic heterocycles. The highest BCUT2D eigenvalue weighted by Crippen LogP contribution is 2.17. The van der Waals surface area contributed by atoms with Crippen LogP contribution >= 0.6 is 0 Å². The number of benzene rings is 1. The van der Waals surface area contributed by atoms with Gasteiger partial charge in [-0.3, -0.25) is 4.79 Å². The van der Waals surface area contributed by atoms with E-state index in [1.165, 1.54) is 5.56 Å². The molecular formula is C16H27N3O. The fourth-order valence-electron chi connectivity index (χ4n) is 2.53. The minimum Gasteiger partial charge on any atom is -0.359 e. The molecule has 4 heteroatoms. The van der Waals surface area contributed by atoms with E-state index in [0.717, 1.165) is 25.7 Å². The number of hydrogen-bond acceptors (Lipinski definition) is 3. The molecule has 0 aliphatic rings. The monoisotopic (exact) mass is 277 g/mol. The smallest absolute Gasteiger partial charge is 0.224 e. The van der Waals surface area contributed by atoms with Gasteiger partial charge in [-0.05, 0) is 38.4 Å². The number of carbonyl (C=O) groups excluding carboxylic acids is 1. The van der Waals surface area contributed by atoms with Gasteiger partial charge in [0.05, 0.1) is 5.92 Å². The Balaban J connectivity index is 2.73. The lowest BCUT2D eigenvalue weighted by atomic mass is 9.88. The number of nitrogens with one attached hydrogen (secondary N) is 2. The van der Waals surface area contributed by atoms with Gasteiger partial charge in [-0.2, -0.15) is 0 Å². The van der Waals surface area contributed by atoms with E-state index in [1.54, 1.807) is 7.05 Å². The first-order valence-corrected chi connectivity index (χ1v) is 7.35. The molecule has 1 aromatic rings. The van der Waals surface area contributed by atoms with Crippen LogP contribution < -0.4 is 16.4 Å². The molecule has 2 atom stereocenters. The molecule has 0 spiro atoms. The quantitative estimate of drug-likeness (QED) is 0.596. The fraction of sp³-hybridized carbons (Fsp3) is 0.562. The number of unbranched alkanes of at least 4 members (excludes halogenated alkanes) is 1. The third-order valence-corrected chi connectivity index (χ3v) is 3.71. The molecule has 0 bridgehead atoms. The van der Waals surface area contributed by atoms with Crippen molar-refractivity contribution in [2.24, 2.45) is 11.7 Å². The van der Waals surface area contributed by atoms with Crippen LogP contribution in [0.3, 0.4) is 0 Å². The SMILES string of the molecule is CNC(=O)C(Cc1ccccc1)C(CCCCN)NC. The average Bonchev–Trinajstić information content (AvgIpc) is 2.50. The van der Waals surface area contributed by atoms with Crippen molar-refractivity contribution in [1.82, 2.24) is 10.6 Å². The third-order valence-electron chi connectivity index (χ3n) is 3.71. The Morgan fingerprint density at radius 1 is 1.20 bits per heavy atom. The molecule has 4 nitrogen and oxygen atoms in total. The van der Waals surface area contributed by atoms with E-state index < -0.39 is 0 Å². The number of rotatable bonds is 9. The van der Waals surface area contributed by atoms with Crippen molar-refractivity contribution in [1.29, 1.82) is 0 Å². The van der Waals surface area contributed by atoms with Gasteiger partial charge in [0.1, 0.15) is 0 Å². The van der Waals surface area contributed by atoms with Crippen LogP contribution in [0, 0.1) is 5.92 Å². The van der Waals surface area contributed by atoms with Gasteiger partial charge in [-0.25, -0.2) is 0 Å². The molecule has 0 aliphatic carbocycles. The molecule has 0 saturated carbocycles. The standard InChI is InChI=1S/C16H27N3O/c1-18-15(10-6-7-11-17)14(16(20)19-2)12-13-8-4-3-5-9-13/h3-5,8-9,14-15,18H,6-7,10-12,17H2,1-2H3,(H,19,20). The van der Waals surface area contributed by atoms with Crippen LogP contribution in [-0.4, -0.2) is 32.6 Å². The second-order valence-electron chi connectivity index (χ2n) is 5.09. The van der Waals surface area contributed by atoms with E-state index in [9.17, 15) is 4.79 Å². The van der Waals surface area contributed by atoms with E-state index in [0.29, 0.717) is 6.54 Å². The summed E-state index contributed by atoms with van der Waals surface area (Å²) in [5.74, 6) is 0.0473. The summed E-state index contributed by atoms with van der Waals surface area (Å²) in [4.78, 5) is 12.2. The summed E-state index contributed by atoms with van der Waals surface area (Å²) in [5.41, 5.74) is 6.74. The molecule has 2 unspecified atom stereocenters. The third kappa shape index (κ3) is 5.31. The van der Waals surface area contributed by atoms with Crippen LogP contribution in [0.1, 0.15) is 24.8 Å². The molecule has 1 aromatic carbocycles. The molecule has 0 aliphatic heterocycles. The number of hydrogen-bond donors (Lipinski definition) is 3. The van der Waals surface area contributed by atoms with Crippen molar-refractivity contribution < 1.29 is 4.79 Å². The maximum absolute atomic E-state index is 12.2. The van der Waals surface area contributed by atoms with Crippen molar-refractivity contribution in [3.8, 4) is 0 Å². The Kier molecular flexibility index (Phi) is 7.92. The van der Waals surface area contributed by atoms with Gasteiger partial charge in [0.2, 0.25) is 5.91 Å². The van der Waals surface area contributed by atoms with Crippen molar-refractivity contribution in [2.45, 2.75) is 31.7 Å². The maximum Gasteiger partial charge on any atom is 0.224 e. The first-order valence-electron chi connectivity index (χ1n) is 7.35. The van der Waals surface area contributed by atoms with Crippen LogP contribution in [-0.2, 0) is 11.2 Å². The Morgan fingerprint density at radius 3 is 2.45 bits per heavy atom. The highest BCUT2D eigenvalue weighted by atomic mass is 16.1. The Hall–Kier alpha value is -1.39. The molecule has 0 fully saturated rings. The normalized spacial score (nSPS) is 13.8. The second kappa shape index (κ2) is 9.50. The molecule has 4 N–H and O–H groups in total. The van der Waals surface area contributed by atoms with E-state index in [2.05, 4.69) is 22.8 Å². The van der Waals surface area contributed by atoms with Crippen LogP contribution in [0.15, 0.2) is 30.3 Å². The number of carbonyl (C=O) groups is 1. The summed E-state index contributed by atoms with van der Waals surface area (Å²) in [6.45, 7) is 0.708. The van der Waals surface area contributed by atoms with Crippen molar-refractivity contribution in [2.75, 3.05) is 20.6 Å². The van der Waals surface area contributed by atoms with E-state index in [4.69, 9.17) is 5.73 Å². The van der Waals surface area contributed by atoms with Gasteiger partial charge in [-0.1, -0.05) is 36.8 Å². The van der Waals surface area contributed by atoms with Gasteiger partial charge in [-0.15, -0.1) is 0 Å². The summed E-state index contributed by atoms with van der Waals surface area (Å²) >= 11 is 0. The summed E-state index contributed by atoms with van der Waals surface area (Å²) in [6.07, 6.45) is 3.78. The van der Waals surface area contributed by atoms with Gasteiger partial charge < -0.3 is 16.4 Å². The Bertz CT molecular complexity index is 381. The second-order valence-corrected chi connectivity index (χ2v) is 5.09. The summed E-state index contributed by atoms with van der Waals surface area (Å²) < 4.78 is 0. The largest absolute Gasteiger partial charge is 0.359 e. The number of nitrogens with two attached hydrogens (primary N) is 1. The zero-order valence-electron chi connectivity index (χ0n) is 12.6. The highest BCUT2D eigenvalue weighted by Gasteiger charge is 2.26.